The first-order valence-electron chi connectivity index (χ1n) is 11.7. The van der Waals surface area contributed by atoms with Crippen molar-refractivity contribution in [2.45, 2.75) is 97.8 Å². The number of hydrogen-bond donors (Lipinski definition) is 1. The molecular weight excluding hydrogens is 346 g/mol. The molecule has 160 valence electrons. The van der Waals surface area contributed by atoms with Gasteiger partial charge >= 0.3 is 0 Å². The Hall–Kier alpha value is -1.58. The zero-order chi connectivity index (χ0) is 20.5. The summed E-state index contributed by atoms with van der Waals surface area (Å²) in [6.45, 7) is 9.72. The number of nitrogens with zero attached hydrogens (tertiary/aromatic N) is 2. The molecule has 0 saturated carbocycles. The summed E-state index contributed by atoms with van der Waals surface area (Å²) < 4.78 is 6.05. The molecule has 0 aliphatic heterocycles. The minimum Gasteiger partial charge on any atom is -0.491 e. The predicted octanol–water partition coefficient (Wildman–Crippen LogP) is 6.46. The van der Waals surface area contributed by atoms with Crippen molar-refractivity contribution in [2.24, 2.45) is 5.11 Å². The monoisotopic (exact) mass is 390 g/mol. The van der Waals surface area contributed by atoms with E-state index in [0.29, 0.717) is 0 Å². The number of nitrogens with two attached hydrogens (primary N) is 1. The van der Waals surface area contributed by atoms with Crippen LogP contribution in [-0.4, -0.2) is 19.7 Å². The number of anilines is 1. The van der Waals surface area contributed by atoms with Crippen molar-refractivity contribution in [1.82, 2.24) is 0 Å². The molecule has 0 fully saturated rings. The summed E-state index contributed by atoms with van der Waals surface area (Å²) in [7, 11) is 0. The van der Waals surface area contributed by atoms with Crippen molar-refractivity contribution in [3.8, 4) is 5.75 Å². The Labute approximate surface area is 173 Å². The average molecular weight is 391 g/mol. The van der Waals surface area contributed by atoms with E-state index < -0.39 is 0 Å². The molecule has 0 aliphatic carbocycles. The number of rotatable bonds is 18. The van der Waals surface area contributed by atoms with Gasteiger partial charge in [0.05, 0.1) is 6.61 Å². The van der Waals surface area contributed by atoms with Crippen LogP contribution in [0.2, 0.25) is 0 Å². The molecule has 0 spiro atoms. The molecule has 28 heavy (non-hydrogen) atoms. The predicted molar refractivity (Wildman–Crippen MR) is 121 cm³/mol. The molecule has 0 saturated heterocycles. The summed E-state index contributed by atoms with van der Waals surface area (Å²) in [5.41, 5.74) is 7.57. The molecule has 1 aromatic rings. The van der Waals surface area contributed by atoms with Crippen LogP contribution < -0.4 is 15.2 Å². The van der Waals surface area contributed by atoms with Gasteiger partial charge in [-0.05, 0) is 36.5 Å². The van der Waals surface area contributed by atoms with Crippen LogP contribution in [0.5, 0.6) is 5.75 Å². The van der Waals surface area contributed by atoms with E-state index in [1.807, 2.05) is 6.07 Å². The van der Waals surface area contributed by atoms with Gasteiger partial charge in [-0.3, -0.25) is 0 Å². The maximum absolute atomic E-state index is 6.05. The minimum atomic E-state index is 0.735. The summed E-state index contributed by atoms with van der Waals surface area (Å²) in [6.07, 6.45) is 15.1. The fraction of sp³-hybridized carbons (Fsp3) is 0.750. The van der Waals surface area contributed by atoms with Crippen LogP contribution in [0.4, 0.5) is 11.4 Å². The van der Waals surface area contributed by atoms with Crippen LogP contribution >= 0.6 is 0 Å². The van der Waals surface area contributed by atoms with E-state index in [0.717, 1.165) is 37.6 Å². The second kappa shape index (κ2) is 16.4. The molecule has 0 unspecified atom stereocenters. The standard InChI is InChI=1S/C24H43N3O/c1-4-7-10-13-18-27(19-14-11-8-5-2)22-16-17-23(26-25)24(21-22)28-20-15-12-9-6-3/h16-17,21,25H,4-15,18-20H2,1-3H3/p+1. The maximum atomic E-state index is 6.05. The first-order valence-corrected chi connectivity index (χ1v) is 11.7. The highest BCUT2D eigenvalue weighted by Crippen LogP contribution is 2.32. The first kappa shape index (κ1) is 24.5. The summed E-state index contributed by atoms with van der Waals surface area (Å²) in [5, 5.41) is 3.92. The highest BCUT2D eigenvalue weighted by molar-refractivity contribution is 5.61. The average Bonchev–Trinajstić information content (AvgIpc) is 2.72. The molecule has 0 radical (unpaired) electrons. The van der Waals surface area contributed by atoms with E-state index in [1.165, 1.54) is 76.3 Å². The van der Waals surface area contributed by atoms with Crippen molar-refractivity contribution in [2.75, 3.05) is 24.6 Å². The number of hydrogen-bond acceptors (Lipinski definition) is 3. The zero-order valence-electron chi connectivity index (χ0n) is 18.7. The van der Waals surface area contributed by atoms with Crippen molar-refractivity contribution in [3.05, 3.63) is 18.2 Å². The van der Waals surface area contributed by atoms with Gasteiger partial charge in [0.15, 0.2) is 11.4 Å². The first-order chi connectivity index (χ1) is 13.8. The van der Waals surface area contributed by atoms with Gasteiger partial charge in [-0.2, -0.15) is 5.53 Å². The van der Waals surface area contributed by atoms with Gasteiger partial charge in [0.25, 0.3) is 0 Å². The Morgan fingerprint density at radius 2 is 1.36 bits per heavy atom. The van der Waals surface area contributed by atoms with Crippen LogP contribution in [0.1, 0.15) is 97.8 Å². The summed E-state index contributed by atoms with van der Waals surface area (Å²) >= 11 is 0. The Kier molecular flexibility index (Phi) is 14.3. The summed E-state index contributed by atoms with van der Waals surface area (Å²) in [6, 6.07) is 6.29. The minimum absolute atomic E-state index is 0.735. The van der Waals surface area contributed by atoms with E-state index in [9.17, 15) is 0 Å². The lowest BCUT2D eigenvalue weighted by Gasteiger charge is -2.26. The molecule has 1 rings (SSSR count). The maximum Gasteiger partial charge on any atom is 0.171 e. The second-order valence-corrected chi connectivity index (χ2v) is 7.80. The Morgan fingerprint density at radius 3 is 1.89 bits per heavy atom. The van der Waals surface area contributed by atoms with Crippen LogP contribution in [0.3, 0.4) is 0 Å². The topological polar surface area (TPSA) is 50.4 Å². The molecule has 0 aliphatic rings. The van der Waals surface area contributed by atoms with E-state index >= 15 is 0 Å². The fourth-order valence-electron chi connectivity index (χ4n) is 3.46. The van der Waals surface area contributed by atoms with E-state index in [4.69, 9.17) is 10.3 Å². The third kappa shape index (κ3) is 10.1. The number of ether oxygens (including phenoxy) is 1. The van der Waals surface area contributed by atoms with Gasteiger partial charge in [-0.1, -0.05) is 78.6 Å². The molecule has 4 heteroatoms. The molecular formula is C24H44N3O+. The van der Waals surface area contributed by atoms with Crippen LogP contribution in [0.15, 0.2) is 23.3 Å². The fourth-order valence-corrected chi connectivity index (χ4v) is 3.46. The van der Waals surface area contributed by atoms with Gasteiger partial charge in [0, 0.05) is 24.8 Å². The SMILES string of the molecule is CCCCCCOc1cc(N(CCCCCC)CCCCCC)ccc1N=[NH2+]. The molecule has 1 aromatic carbocycles. The number of benzene rings is 1. The number of unbranched alkanes of at least 4 members (excludes halogenated alkanes) is 9. The largest absolute Gasteiger partial charge is 0.491 e. The second-order valence-electron chi connectivity index (χ2n) is 7.80. The normalized spacial score (nSPS) is 10.8. The molecule has 0 bridgehead atoms. The Bertz CT molecular complexity index is 507. The summed E-state index contributed by atoms with van der Waals surface area (Å²) in [4.78, 5) is 2.52. The highest BCUT2D eigenvalue weighted by atomic mass is 16.5. The van der Waals surface area contributed by atoms with Gasteiger partial charge in [-0.15, -0.1) is 0 Å². The van der Waals surface area contributed by atoms with Crippen LogP contribution in [0, 0.1) is 0 Å². The smallest absolute Gasteiger partial charge is 0.171 e. The third-order valence-electron chi connectivity index (χ3n) is 5.27. The molecule has 0 heterocycles. The van der Waals surface area contributed by atoms with E-state index in [1.54, 1.807) is 0 Å². The van der Waals surface area contributed by atoms with Gasteiger partial charge in [0.2, 0.25) is 0 Å². The molecule has 0 aromatic heterocycles. The summed E-state index contributed by atoms with van der Waals surface area (Å²) in [5.74, 6) is 0.823. The zero-order valence-corrected chi connectivity index (χ0v) is 18.7. The quantitative estimate of drug-likeness (QED) is 0.231. The lowest BCUT2D eigenvalue weighted by atomic mass is 10.1. The van der Waals surface area contributed by atoms with Gasteiger partial charge in [0.1, 0.15) is 0 Å². The molecule has 4 nitrogen and oxygen atoms in total. The van der Waals surface area contributed by atoms with Crippen molar-refractivity contribution >= 4 is 11.4 Å². The van der Waals surface area contributed by atoms with E-state index in [2.05, 4.69) is 42.9 Å². The van der Waals surface area contributed by atoms with Crippen molar-refractivity contribution in [3.63, 3.8) is 0 Å². The van der Waals surface area contributed by atoms with Gasteiger partial charge in [-0.25, -0.2) is 0 Å². The van der Waals surface area contributed by atoms with Crippen molar-refractivity contribution in [1.29, 1.82) is 0 Å². The molecule has 0 amide bonds. The van der Waals surface area contributed by atoms with Crippen molar-refractivity contribution < 1.29 is 10.3 Å². The third-order valence-corrected chi connectivity index (χ3v) is 5.27. The lowest BCUT2D eigenvalue weighted by Crippen LogP contribution is -2.26. The Balaban J connectivity index is 2.75. The lowest BCUT2D eigenvalue weighted by molar-refractivity contribution is -0.210. The van der Waals surface area contributed by atoms with E-state index in [-0.39, 0.29) is 0 Å². The molecule has 2 N–H and O–H groups in total. The Morgan fingerprint density at radius 1 is 0.786 bits per heavy atom. The van der Waals surface area contributed by atoms with Crippen LogP contribution in [-0.2, 0) is 0 Å². The highest BCUT2D eigenvalue weighted by Gasteiger charge is 2.12. The van der Waals surface area contributed by atoms with Gasteiger partial charge < -0.3 is 9.64 Å². The van der Waals surface area contributed by atoms with Crippen LogP contribution in [0.25, 0.3) is 0 Å². The molecule has 0 atom stereocenters.